The quantitative estimate of drug-likeness (QED) is 0.786. The van der Waals surface area contributed by atoms with Crippen LogP contribution >= 0.6 is 11.8 Å². The number of hydrogen-bond acceptors (Lipinski definition) is 4. The maximum Gasteiger partial charge on any atom is 0.251 e. The molecule has 4 nitrogen and oxygen atoms in total. The van der Waals surface area contributed by atoms with Gasteiger partial charge in [0.05, 0.1) is 0 Å². The summed E-state index contributed by atoms with van der Waals surface area (Å²) < 4.78 is 0. The summed E-state index contributed by atoms with van der Waals surface area (Å²) >= 11 is 1.61. The second kappa shape index (κ2) is 5.23. The Morgan fingerprint density at radius 2 is 2.24 bits per heavy atom. The van der Waals surface area contributed by atoms with Crippen LogP contribution in [0.1, 0.15) is 26.7 Å². The monoisotopic (exact) mass is 253 g/mol. The molecule has 4 unspecified atom stereocenters. The molecule has 0 amide bonds. The van der Waals surface area contributed by atoms with E-state index in [0.717, 1.165) is 6.42 Å². The van der Waals surface area contributed by atoms with Crippen LogP contribution in [0, 0.1) is 11.8 Å². The third-order valence-corrected chi connectivity index (χ3v) is 4.84. The standard InChI is InChI=1S/C12H19N3OS/c1-7-5-8(2)11(9(13)6-7)17-12-14-4-3-10(16)15-12/h3-4,7-9,11H,5-6,13H2,1-2H3,(H,14,15,16). The summed E-state index contributed by atoms with van der Waals surface area (Å²) in [5.74, 6) is 1.25. The van der Waals surface area contributed by atoms with E-state index in [-0.39, 0.29) is 11.6 Å². The van der Waals surface area contributed by atoms with E-state index in [4.69, 9.17) is 5.73 Å². The Labute approximate surface area is 105 Å². The van der Waals surface area contributed by atoms with E-state index in [2.05, 4.69) is 23.8 Å². The predicted molar refractivity (Wildman–Crippen MR) is 70.0 cm³/mol. The Morgan fingerprint density at radius 1 is 1.47 bits per heavy atom. The zero-order valence-corrected chi connectivity index (χ0v) is 11.0. The van der Waals surface area contributed by atoms with Crippen molar-refractivity contribution in [1.29, 1.82) is 0 Å². The van der Waals surface area contributed by atoms with Gasteiger partial charge in [-0.1, -0.05) is 25.6 Å². The highest BCUT2D eigenvalue weighted by molar-refractivity contribution is 7.99. The Bertz CT molecular complexity index is 422. The summed E-state index contributed by atoms with van der Waals surface area (Å²) in [6, 6.07) is 1.61. The molecule has 0 aliphatic heterocycles. The molecule has 1 aliphatic rings. The lowest BCUT2D eigenvalue weighted by atomic mass is 9.80. The average molecular weight is 253 g/mol. The topological polar surface area (TPSA) is 71.8 Å². The highest BCUT2D eigenvalue weighted by Crippen LogP contribution is 2.37. The third kappa shape index (κ3) is 3.10. The minimum atomic E-state index is -0.104. The molecule has 0 aromatic carbocycles. The molecule has 0 radical (unpaired) electrons. The second-order valence-electron chi connectivity index (χ2n) is 5.04. The van der Waals surface area contributed by atoms with Crippen LogP contribution < -0.4 is 11.3 Å². The van der Waals surface area contributed by atoms with Crippen LogP contribution in [0.5, 0.6) is 0 Å². The highest BCUT2D eigenvalue weighted by Gasteiger charge is 2.32. The van der Waals surface area contributed by atoms with Gasteiger partial charge >= 0.3 is 0 Å². The first kappa shape index (κ1) is 12.6. The first-order valence-corrected chi connectivity index (χ1v) is 6.92. The van der Waals surface area contributed by atoms with Crippen molar-refractivity contribution in [1.82, 2.24) is 9.97 Å². The number of thioether (sulfide) groups is 1. The molecule has 1 aromatic heterocycles. The molecule has 0 spiro atoms. The molecule has 1 aromatic rings. The van der Waals surface area contributed by atoms with Gasteiger partial charge in [0, 0.05) is 23.6 Å². The van der Waals surface area contributed by atoms with E-state index in [1.807, 2.05) is 0 Å². The maximum atomic E-state index is 11.2. The SMILES string of the molecule is CC1CC(C)C(Sc2nccc(=O)[nH]2)C(N)C1. The van der Waals surface area contributed by atoms with Gasteiger partial charge in [-0.05, 0) is 24.7 Å². The van der Waals surface area contributed by atoms with E-state index >= 15 is 0 Å². The number of aromatic amines is 1. The van der Waals surface area contributed by atoms with E-state index in [0.29, 0.717) is 22.2 Å². The van der Waals surface area contributed by atoms with Gasteiger partial charge < -0.3 is 10.7 Å². The fraction of sp³-hybridized carbons (Fsp3) is 0.667. The lowest BCUT2D eigenvalue weighted by Gasteiger charge is -2.36. The molecule has 17 heavy (non-hydrogen) atoms. The minimum absolute atomic E-state index is 0.104. The molecule has 0 saturated heterocycles. The normalized spacial score (nSPS) is 33.6. The van der Waals surface area contributed by atoms with Crippen LogP contribution in [-0.4, -0.2) is 21.3 Å². The number of rotatable bonds is 2. The summed E-state index contributed by atoms with van der Waals surface area (Å²) in [5.41, 5.74) is 6.10. The first-order chi connectivity index (χ1) is 8.06. The molecule has 4 atom stereocenters. The lowest BCUT2D eigenvalue weighted by molar-refractivity contribution is 0.279. The van der Waals surface area contributed by atoms with Crippen molar-refractivity contribution in [3.63, 3.8) is 0 Å². The van der Waals surface area contributed by atoms with Crippen molar-refractivity contribution in [2.24, 2.45) is 17.6 Å². The fourth-order valence-electron chi connectivity index (χ4n) is 2.63. The average Bonchev–Trinajstić information content (AvgIpc) is 2.23. The van der Waals surface area contributed by atoms with Gasteiger partial charge in [0.2, 0.25) is 0 Å². The highest BCUT2D eigenvalue weighted by atomic mass is 32.2. The van der Waals surface area contributed by atoms with E-state index < -0.39 is 0 Å². The maximum absolute atomic E-state index is 11.2. The zero-order chi connectivity index (χ0) is 12.4. The minimum Gasteiger partial charge on any atom is -0.327 e. The summed E-state index contributed by atoms with van der Waals surface area (Å²) in [7, 11) is 0. The smallest absolute Gasteiger partial charge is 0.251 e. The van der Waals surface area contributed by atoms with Crippen LogP contribution in [0.15, 0.2) is 22.2 Å². The van der Waals surface area contributed by atoms with E-state index in [9.17, 15) is 4.79 Å². The van der Waals surface area contributed by atoms with Crippen molar-refractivity contribution in [2.75, 3.05) is 0 Å². The first-order valence-electron chi connectivity index (χ1n) is 6.04. The number of hydrogen-bond donors (Lipinski definition) is 2. The van der Waals surface area contributed by atoms with Crippen molar-refractivity contribution in [3.8, 4) is 0 Å². The van der Waals surface area contributed by atoms with Gasteiger partial charge in [0.1, 0.15) is 0 Å². The van der Waals surface area contributed by atoms with Gasteiger partial charge in [-0.3, -0.25) is 4.79 Å². The predicted octanol–water partition coefficient (Wildman–Crippen LogP) is 1.62. The van der Waals surface area contributed by atoms with Gasteiger partial charge in [0.15, 0.2) is 5.16 Å². The molecule has 2 rings (SSSR count). The molecule has 0 bridgehead atoms. The molecule has 1 heterocycles. The van der Waals surface area contributed by atoms with Crippen LogP contribution in [0.4, 0.5) is 0 Å². The van der Waals surface area contributed by atoms with Crippen LogP contribution in [0.2, 0.25) is 0 Å². The Balaban J connectivity index is 2.10. The number of nitrogens with two attached hydrogens (primary N) is 1. The summed E-state index contributed by atoms with van der Waals surface area (Å²) in [6.45, 7) is 4.48. The summed E-state index contributed by atoms with van der Waals surface area (Å²) in [5, 5.41) is 1.02. The van der Waals surface area contributed by atoms with Crippen molar-refractivity contribution in [3.05, 3.63) is 22.6 Å². The van der Waals surface area contributed by atoms with Crippen LogP contribution in [-0.2, 0) is 0 Å². The number of nitrogens with zero attached hydrogens (tertiary/aromatic N) is 1. The van der Waals surface area contributed by atoms with Crippen LogP contribution in [0.25, 0.3) is 0 Å². The molecular weight excluding hydrogens is 234 g/mol. The molecule has 1 fully saturated rings. The number of aromatic nitrogens is 2. The van der Waals surface area contributed by atoms with Crippen LogP contribution in [0.3, 0.4) is 0 Å². The third-order valence-electron chi connectivity index (χ3n) is 3.33. The Hall–Kier alpha value is -0.810. The van der Waals surface area contributed by atoms with Crippen molar-refractivity contribution < 1.29 is 0 Å². The Morgan fingerprint density at radius 3 is 2.88 bits per heavy atom. The van der Waals surface area contributed by atoms with E-state index in [1.165, 1.54) is 12.5 Å². The van der Waals surface area contributed by atoms with Gasteiger partial charge in [-0.25, -0.2) is 4.98 Å². The molecule has 94 valence electrons. The van der Waals surface area contributed by atoms with Crippen molar-refractivity contribution in [2.45, 2.75) is 43.1 Å². The van der Waals surface area contributed by atoms with Gasteiger partial charge in [-0.15, -0.1) is 0 Å². The lowest BCUT2D eigenvalue weighted by Crippen LogP contribution is -2.43. The van der Waals surface area contributed by atoms with Gasteiger partial charge in [0.25, 0.3) is 5.56 Å². The zero-order valence-electron chi connectivity index (χ0n) is 10.2. The van der Waals surface area contributed by atoms with Gasteiger partial charge in [-0.2, -0.15) is 0 Å². The molecule has 1 aliphatic carbocycles. The largest absolute Gasteiger partial charge is 0.327 e. The molecule has 3 N–H and O–H groups in total. The molecular formula is C12H19N3OS. The number of nitrogens with one attached hydrogen (secondary N) is 1. The van der Waals surface area contributed by atoms with E-state index in [1.54, 1.807) is 18.0 Å². The number of H-pyrrole nitrogens is 1. The van der Waals surface area contributed by atoms with Crippen molar-refractivity contribution >= 4 is 11.8 Å². The summed E-state index contributed by atoms with van der Waals surface area (Å²) in [4.78, 5) is 18.1. The molecule has 5 heteroatoms. The fourth-order valence-corrected chi connectivity index (χ4v) is 3.80. The molecule has 1 saturated carbocycles. The summed E-state index contributed by atoms with van der Waals surface area (Å²) in [6.07, 6.45) is 3.80. The second-order valence-corrected chi connectivity index (χ2v) is 6.21. The Kier molecular flexibility index (Phi) is 3.89.